The van der Waals surface area contributed by atoms with E-state index in [1.54, 1.807) is 30.5 Å². The molecule has 0 fully saturated rings. The summed E-state index contributed by atoms with van der Waals surface area (Å²) in [6.07, 6.45) is 3.12. The highest BCUT2D eigenvalue weighted by Gasteiger charge is 2.07. The van der Waals surface area contributed by atoms with Gasteiger partial charge in [0.1, 0.15) is 10.4 Å². The number of halogens is 2. The van der Waals surface area contributed by atoms with Crippen LogP contribution in [0.2, 0.25) is 0 Å². The number of carbonyl (C=O) groups excluding carboxylic acids is 1. The van der Waals surface area contributed by atoms with Crippen molar-refractivity contribution in [1.82, 2.24) is 9.97 Å². The zero-order valence-electron chi connectivity index (χ0n) is 8.52. The van der Waals surface area contributed by atoms with Gasteiger partial charge in [-0.2, -0.15) is 0 Å². The number of nitrogens with one attached hydrogen (secondary N) is 1. The van der Waals surface area contributed by atoms with Crippen molar-refractivity contribution >= 4 is 43.6 Å². The molecular formula is C11H7Br2N3O. The fraction of sp³-hybridized carbons (Fsp3) is 0. The van der Waals surface area contributed by atoms with Gasteiger partial charge >= 0.3 is 0 Å². The Hall–Kier alpha value is -1.27. The van der Waals surface area contributed by atoms with Gasteiger partial charge in [0, 0.05) is 16.9 Å². The van der Waals surface area contributed by atoms with Gasteiger partial charge in [0.15, 0.2) is 0 Å². The minimum atomic E-state index is -0.246. The lowest BCUT2D eigenvalue weighted by atomic mass is 10.3. The molecule has 86 valence electrons. The van der Waals surface area contributed by atoms with E-state index in [0.29, 0.717) is 16.0 Å². The third-order valence-electron chi connectivity index (χ3n) is 1.92. The molecule has 2 rings (SSSR count). The number of nitrogens with zero attached hydrogens (tertiary/aromatic N) is 2. The first-order chi connectivity index (χ1) is 8.15. The maximum absolute atomic E-state index is 11.9. The second-order valence-corrected chi connectivity index (χ2v) is 4.92. The Morgan fingerprint density at radius 1 is 1.24 bits per heavy atom. The van der Waals surface area contributed by atoms with E-state index < -0.39 is 0 Å². The van der Waals surface area contributed by atoms with Crippen LogP contribution in [0.1, 0.15) is 10.4 Å². The van der Waals surface area contributed by atoms with E-state index in [2.05, 4.69) is 47.1 Å². The Morgan fingerprint density at radius 3 is 2.76 bits per heavy atom. The van der Waals surface area contributed by atoms with Crippen molar-refractivity contribution in [2.75, 3.05) is 5.32 Å². The number of hydrogen-bond acceptors (Lipinski definition) is 3. The summed E-state index contributed by atoms with van der Waals surface area (Å²) in [5.41, 5.74) is 0.473. The summed E-state index contributed by atoms with van der Waals surface area (Å²) in [5.74, 6) is 0.244. The highest BCUT2D eigenvalue weighted by molar-refractivity contribution is 9.10. The number of carbonyl (C=O) groups is 1. The zero-order chi connectivity index (χ0) is 12.3. The molecule has 2 aromatic rings. The summed E-state index contributed by atoms with van der Waals surface area (Å²) in [7, 11) is 0. The molecular weight excluding hydrogens is 350 g/mol. The lowest BCUT2D eigenvalue weighted by Gasteiger charge is -2.04. The van der Waals surface area contributed by atoms with E-state index in [1.807, 2.05) is 0 Å². The molecule has 1 amide bonds. The molecule has 0 unspecified atom stereocenters. The molecule has 4 nitrogen and oxygen atoms in total. The maximum atomic E-state index is 11.9. The Bertz CT molecular complexity index is 560. The Morgan fingerprint density at radius 2 is 2.06 bits per heavy atom. The van der Waals surface area contributed by atoms with E-state index in [1.165, 1.54) is 6.20 Å². The summed E-state index contributed by atoms with van der Waals surface area (Å²) in [4.78, 5) is 19.9. The molecule has 0 aliphatic heterocycles. The fourth-order valence-electron chi connectivity index (χ4n) is 1.20. The van der Waals surface area contributed by atoms with E-state index in [-0.39, 0.29) is 5.91 Å². The molecule has 17 heavy (non-hydrogen) atoms. The van der Waals surface area contributed by atoms with Crippen molar-refractivity contribution in [3.8, 4) is 0 Å². The van der Waals surface area contributed by atoms with Crippen molar-refractivity contribution in [1.29, 1.82) is 0 Å². The van der Waals surface area contributed by atoms with Crippen LogP contribution in [0, 0.1) is 0 Å². The van der Waals surface area contributed by atoms with Gasteiger partial charge in [-0.1, -0.05) is 6.07 Å². The quantitative estimate of drug-likeness (QED) is 0.840. The van der Waals surface area contributed by atoms with Crippen LogP contribution >= 0.6 is 31.9 Å². The zero-order valence-corrected chi connectivity index (χ0v) is 11.7. The predicted molar refractivity (Wildman–Crippen MR) is 71.8 cm³/mol. The summed E-state index contributed by atoms with van der Waals surface area (Å²) in [5, 5.41) is 2.69. The predicted octanol–water partition coefficient (Wildman–Crippen LogP) is 3.25. The van der Waals surface area contributed by atoms with Crippen molar-refractivity contribution in [2.24, 2.45) is 0 Å². The molecule has 2 aromatic heterocycles. The Kier molecular flexibility index (Phi) is 3.86. The molecule has 0 saturated carbocycles. The van der Waals surface area contributed by atoms with E-state index in [4.69, 9.17) is 0 Å². The lowest BCUT2D eigenvalue weighted by molar-refractivity contribution is 0.102. The van der Waals surface area contributed by atoms with Crippen LogP contribution in [0.5, 0.6) is 0 Å². The molecule has 0 bridgehead atoms. The van der Waals surface area contributed by atoms with Crippen LogP contribution in [0.15, 0.2) is 45.7 Å². The van der Waals surface area contributed by atoms with Crippen LogP contribution in [-0.4, -0.2) is 15.9 Å². The first kappa shape index (κ1) is 12.2. The van der Waals surface area contributed by atoms with E-state index in [0.717, 1.165) is 4.47 Å². The van der Waals surface area contributed by atoms with Crippen LogP contribution in [-0.2, 0) is 0 Å². The largest absolute Gasteiger partial charge is 0.306 e. The Labute approximate surface area is 115 Å². The topological polar surface area (TPSA) is 54.9 Å². The highest BCUT2D eigenvalue weighted by Crippen LogP contribution is 2.13. The highest BCUT2D eigenvalue weighted by atomic mass is 79.9. The van der Waals surface area contributed by atoms with Gasteiger partial charge < -0.3 is 5.32 Å². The number of hydrogen-bond donors (Lipinski definition) is 1. The Balaban J connectivity index is 2.17. The third kappa shape index (κ3) is 3.34. The molecule has 0 atom stereocenters. The van der Waals surface area contributed by atoms with Crippen LogP contribution in [0.25, 0.3) is 0 Å². The SMILES string of the molecule is O=C(Nc1cccc(Br)n1)c1cncc(Br)c1. The number of anilines is 1. The van der Waals surface area contributed by atoms with Gasteiger partial charge in [-0.25, -0.2) is 4.98 Å². The van der Waals surface area contributed by atoms with E-state index >= 15 is 0 Å². The molecule has 0 spiro atoms. The summed E-state index contributed by atoms with van der Waals surface area (Å²) in [6.45, 7) is 0. The summed E-state index contributed by atoms with van der Waals surface area (Å²) >= 11 is 6.50. The van der Waals surface area contributed by atoms with Crippen molar-refractivity contribution in [3.63, 3.8) is 0 Å². The molecule has 0 saturated heterocycles. The van der Waals surface area contributed by atoms with Crippen LogP contribution in [0.3, 0.4) is 0 Å². The van der Waals surface area contributed by atoms with Gasteiger partial charge in [-0.05, 0) is 50.1 Å². The number of aromatic nitrogens is 2. The smallest absolute Gasteiger partial charge is 0.258 e. The third-order valence-corrected chi connectivity index (χ3v) is 2.80. The van der Waals surface area contributed by atoms with E-state index in [9.17, 15) is 4.79 Å². The van der Waals surface area contributed by atoms with Gasteiger partial charge in [0.05, 0.1) is 5.56 Å². The molecule has 0 aliphatic carbocycles. The number of amides is 1. The normalized spacial score (nSPS) is 10.0. The van der Waals surface area contributed by atoms with Crippen molar-refractivity contribution < 1.29 is 4.79 Å². The minimum absolute atomic E-state index is 0.246. The minimum Gasteiger partial charge on any atom is -0.306 e. The molecule has 1 N–H and O–H groups in total. The van der Waals surface area contributed by atoms with Gasteiger partial charge in [-0.15, -0.1) is 0 Å². The second kappa shape index (κ2) is 5.37. The number of pyridine rings is 2. The van der Waals surface area contributed by atoms with Crippen molar-refractivity contribution in [2.45, 2.75) is 0 Å². The first-order valence-electron chi connectivity index (χ1n) is 4.69. The maximum Gasteiger partial charge on any atom is 0.258 e. The molecule has 0 aliphatic rings. The number of rotatable bonds is 2. The van der Waals surface area contributed by atoms with Crippen LogP contribution in [0.4, 0.5) is 5.82 Å². The average molecular weight is 357 g/mol. The van der Waals surface area contributed by atoms with Crippen LogP contribution < -0.4 is 5.32 Å². The fourth-order valence-corrected chi connectivity index (χ4v) is 1.91. The second-order valence-electron chi connectivity index (χ2n) is 3.19. The molecule has 2 heterocycles. The summed E-state index contributed by atoms with van der Waals surface area (Å²) < 4.78 is 1.43. The average Bonchev–Trinajstić information content (AvgIpc) is 2.29. The first-order valence-corrected chi connectivity index (χ1v) is 6.28. The molecule has 0 aromatic carbocycles. The molecule has 6 heteroatoms. The van der Waals surface area contributed by atoms with Crippen molar-refractivity contribution in [3.05, 3.63) is 51.3 Å². The monoisotopic (exact) mass is 355 g/mol. The lowest BCUT2D eigenvalue weighted by Crippen LogP contribution is -2.13. The standard InChI is InChI=1S/C11H7Br2N3O/c12-8-4-7(5-14-6-8)11(17)16-10-3-1-2-9(13)15-10/h1-6H,(H,15,16,17). The summed E-state index contributed by atoms with van der Waals surface area (Å²) in [6, 6.07) is 7.00. The van der Waals surface area contributed by atoms with Gasteiger partial charge in [0.2, 0.25) is 0 Å². The molecule has 0 radical (unpaired) electrons. The van der Waals surface area contributed by atoms with Gasteiger partial charge in [-0.3, -0.25) is 9.78 Å². The van der Waals surface area contributed by atoms with Gasteiger partial charge in [0.25, 0.3) is 5.91 Å².